The van der Waals surface area contributed by atoms with E-state index in [1.165, 1.54) is 23.5 Å². The fraction of sp³-hybridized carbons (Fsp3) is 0.208. The first-order chi connectivity index (χ1) is 15.2. The van der Waals surface area contributed by atoms with Crippen molar-refractivity contribution in [2.75, 3.05) is 19.0 Å². The van der Waals surface area contributed by atoms with Crippen molar-refractivity contribution < 1.29 is 17.9 Å². The van der Waals surface area contributed by atoms with Crippen molar-refractivity contribution in [1.82, 2.24) is 4.31 Å². The summed E-state index contributed by atoms with van der Waals surface area (Å²) in [6.07, 6.45) is 0. The number of aryl methyl sites for hydroxylation is 2. The lowest BCUT2D eigenvalue weighted by molar-refractivity contribution is -0.116. The monoisotopic (exact) mass is 516 g/mol. The second-order valence-electron chi connectivity index (χ2n) is 7.46. The lowest BCUT2D eigenvalue weighted by Crippen LogP contribution is -2.37. The first-order valence-electron chi connectivity index (χ1n) is 9.95. The van der Waals surface area contributed by atoms with E-state index in [9.17, 15) is 13.2 Å². The first kappa shape index (κ1) is 24.0. The minimum absolute atomic E-state index is 0.0665. The van der Waals surface area contributed by atoms with E-state index in [2.05, 4.69) is 21.2 Å². The Hall–Kier alpha value is -2.68. The number of carbonyl (C=O) groups excluding carboxylic acids is 1. The van der Waals surface area contributed by atoms with Gasteiger partial charge >= 0.3 is 0 Å². The Balaban J connectivity index is 1.89. The van der Waals surface area contributed by atoms with Crippen molar-refractivity contribution in [2.24, 2.45) is 0 Å². The molecule has 0 bridgehead atoms. The van der Waals surface area contributed by atoms with E-state index in [-0.39, 0.29) is 18.0 Å². The third-order valence-electron chi connectivity index (χ3n) is 4.88. The summed E-state index contributed by atoms with van der Waals surface area (Å²) >= 11 is 3.32. The highest BCUT2D eigenvalue weighted by atomic mass is 79.9. The van der Waals surface area contributed by atoms with Crippen LogP contribution in [0.5, 0.6) is 5.75 Å². The number of amides is 1. The second kappa shape index (κ2) is 10.3. The van der Waals surface area contributed by atoms with E-state index in [1.807, 2.05) is 44.2 Å². The molecule has 0 aliphatic carbocycles. The van der Waals surface area contributed by atoms with Crippen LogP contribution in [0.25, 0.3) is 0 Å². The van der Waals surface area contributed by atoms with Crippen LogP contribution < -0.4 is 10.1 Å². The molecule has 3 aromatic rings. The number of halogens is 1. The van der Waals surface area contributed by atoms with Crippen molar-refractivity contribution in [3.05, 3.63) is 87.9 Å². The van der Waals surface area contributed by atoms with Crippen LogP contribution in [0.4, 0.5) is 5.69 Å². The number of rotatable bonds is 8. The van der Waals surface area contributed by atoms with Crippen LogP contribution in [0.3, 0.4) is 0 Å². The van der Waals surface area contributed by atoms with E-state index < -0.39 is 15.9 Å². The largest absolute Gasteiger partial charge is 0.495 e. The van der Waals surface area contributed by atoms with Crippen molar-refractivity contribution in [2.45, 2.75) is 25.3 Å². The Morgan fingerprint density at radius 3 is 2.22 bits per heavy atom. The van der Waals surface area contributed by atoms with Gasteiger partial charge in [-0.25, -0.2) is 8.42 Å². The molecule has 0 saturated heterocycles. The predicted molar refractivity (Wildman–Crippen MR) is 129 cm³/mol. The molecule has 6 nitrogen and oxygen atoms in total. The van der Waals surface area contributed by atoms with Crippen LogP contribution in [0.1, 0.15) is 16.7 Å². The zero-order chi connectivity index (χ0) is 23.3. The molecule has 0 aliphatic heterocycles. The van der Waals surface area contributed by atoms with Crippen LogP contribution in [0, 0.1) is 13.8 Å². The number of anilines is 1. The van der Waals surface area contributed by atoms with Crippen LogP contribution in [-0.4, -0.2) is 32.3 Å². The SMILES string of the molecule is COc1ccc(C)cc1NC(=O)CN(Cc1ccc(C)cc1)S(=O)(=O)c1ccc(Br)cc1. The van der Waals surface area contributed by atoms with Crippen LogP contribution in [0.2, 0.25) is 0 Å². The van der Waals surface area contributed by atoms with E-state index in [0.29, 0.717) is 11.4 Å². The molecule has 0 fully saturated rings. The molecule has 3 rings (SSSR count). The van der Waals surface area contributed by atoms with E-state index in [0.717, 1.165) is 21.2 Å². The van der Waals surface area contributed by atoms with Gasteiger partial charge in [0.15, 0.2) is 0 Å². The highest BCUT2D eigenvalue weighted by Crippen LogP contribution is 2.26. The van der Waals surface area contributed by atoms with Gasteiger partial charge in [-0.05, 0) is 61.4 Å². The predicted octanol–water partition coefficient (Wildman–Crippen LogP) is 4.90. The number of benzene rings is 3. The van der Waals surface area contributed by atoms with E-state index in [4.69, 9.17) is 4.74 Å². The standard InChI is InChI=1S/C24H25BrN2O4S/c1-17-4-7-19(8-5-17)15-27(32(29,30)21-11-9-20(25)10-12-21)16-24(28)26-22-14-18(2)6-13-23(22)31-3/h4-14H,15-16H2,1-3H3,(H,26,28). The summed E-state index contributed by atoms with van der Waals surface area (Å²) < 4.78 is 34.0. The van der Waals surface area contributed by atoms with Gasteiger partial charge in [-0.15, -0.1) is 0 Å². The van der Waals surface area contributed by atoms with Gasteiger partial charge in [-0.2, -0.15) is 4.31 Å². The zero-order valence-electron chi connectivity index (χ0n) is 18.1. The van der Waals surface area contributed by atoms with Gasteiger partial charge in [-0.3, -0.25) is 4.79 Å². The summed E-state index contributed by atoms with van der Waals surface area (Å²) in [5.74, 6) is 0.0477. The lowest BCUT2D eigenvalue weighted by atomic mass is 10.1. The Morgan fingerprint density at radius 2 is 1.59 bits per heavy atom. The number of nitrogens with zero attached hydrogens (tertiary/aromatic N) is 1. The maximum atomic E-state index is 13.4. The summed E-state index contributed by atoms with van der Waals surface area (Å²) in [5, 5.41) is 2.78. The molecule has 168 valence electrons. The number of methoxy groups -OCH3 is 1. The average Bonchev–Trinajstić information content (AvgIpc) is 2.75. The quantitative estimate of drug-likeness (QED) is 0.461. The molecule has 0 atom stereocenters. The molecule has 0 saturated carbocycles. The number of sulfonamides is 1. The normalized spacial score (nSPS) is 11.4. The van der Waals surface area contributed by atoms with Crippen molar-refractivity contribution in [3.8, 4) is 5.75 Å². The number of hydrogen-bond donors (Lipinski definition) is 1. The maximum absolute atomic E-state index is 13.4. The minimum Gasteiger partial charge on any atom is -0.495 e. The molecule has 1 N–H and O–H groups in total. The molecule has 32 heavy (non-hydrogen) atoms. The molecule has 0 aliphatic rings. The Bertz CT molecular complexity index is 1190. The van der Waals surface area contributed by atoms with Gasteiger partial charge in [0.1, 0.15) is 5.75 Å². The maximum Gasteiger partial charge on any atom is 0.243 e. The molecule has 0 radical (unpaired) electrons. The lowest BCUT2D eigenvalue weighted by Gasteiger charge is -2.22. The Morgan fingerprint density at radius 1 is 0.969 bits per heavy atom. The summed E-state index contributed by atoms with van der Waals surface area (Å²) in [6.45, 7) is 3.58. The summed E-state index contributed by atoms with van der Waals surface area (Å²) in [4.78, 5) is 13.0. The van der Waals surface area contributed by atoms with Crippen molar-refractivity contribution in [1.29, 1.82) is 0 Å². The molecule has 0 aromatic heterocycles. The molecule has 3 aromatic carbocycles. The Kier molecular flexibility index (Phi) is 7.71. The van der Waals surface area contributed by atoms with E-state index in [1.54, 1.807) is 24.3 Å². The van der Waals surface area contributed by atoms with Crippen molar-refractivity contribution >= 4 is 37.5 Å². The summed E-state index contributed by atoms with van der Waals surface area (Å²) in [6, 6.07) is 19.3. The van der Waals surface area contributed by atoms with Crippen molar-refractivity contribution in [3.63, 3.8) is 0 Å². The molecule has 0 unspecified atom stereocenters. The van der Waals surface area contributed by atoms with Gasteiger partial charge in [0.25, 0.3) is 0 Å². The van der Waals surface area contributed by atoms with Crippen LogP contribution in [0.15, 0.2) is 76.1 Å². The van der Waals surface area contributed by atoms with Gasteiger partial charge in [0.2, 0.25) is 15.9 Å². The van der Waals surface area contributed by atoms with Gasteiger partial charge in [0.05, 0.1) is 24.2 Å². The van der Waals surface area contributed by atoms with Gasteiger partial charge < -0.3 is 10.1 Å². The third kappa shape index (κ3) is 5.97. The number of hydrogen-bond acceptors (Lipinski definition) is 4. The first-order valence-corrected chi connectivity index (χ1v) is 12.2. The van der Waals surface area contributed by atoms with Crippen LogP contribution >= 0.6 is 15.9 Å². The smallest absolute Gasteiger partial charge is 0.243 e. The Labute approximate surface area is 197 Å². The van der Waals surface area contributed by atoms with Gasteiger partial charge in [-0.1, -0.05) is 51.8 Å². The molecule has 0 spiro atoms. The van der Waals surface area contributed by atoms with Crippen LogP contribution in [-0.2, 0) is 21.4 Å². The zero-order valence-corrected chi connectivity index (χ0v) is 20.5. The average molecular weight is 517 g/mol. The fourth-order valence-electron chi connectivity index (χ4n) is 3.15. The summed E-state index contributed by atoms with van der Waals surface area (Å²) in [5.41, 5.74) is 3.30. The number of nitrogens with one attached hydrogen (secondary N) is 1. The second-order valence-corrected chi connectivity index (χ2v) is 10.3. The minimum atomic E-state index is -3.92. The molecular weight excluding hydrogens is 492 g/mol. The van der Waals surface area contributed by atoms with Gasteiger partial charge in [0, 0.05) is 11.0 Å². The summed E-state index contributed by atoms with van der Waals surface area (Å²) in [7, 11) is -2.40. The molecular formula is C24H25BrN2O4S. The highest BCUT2D eigenvalue weighted by molar-refractivity contribution is 9.10. The topological polar surface area (TPSA) is 75.7 Å². The molecule has 0 heterocycles. The molecule has 1 amide bonds. The fourth-order valence-corrected chi connectivity index (χ4v) is 4.80. The third-order valence-corrected chi connectivity index (χ3v) is 7.21. The number of carbonyl (C=O) groups is 1. The van der Waals surface area contributed by atoms with E-state index >= 15 is 0 Å². The number of ether oxygens (including phenoxy) is 1. The molecule has 8 heteroatoms. The highest BCUT2D eigenvalue weighted by Gasteiger charge is 2.27.